The number of carbonyl (C=O) groups excluding carboxylic acids is 1. The summed E-state index contributed by atoms with van der Waals surface area (Å²) in [5, 5.41) is 31.1. The van der Waals surface area contributed by atoms with Gasteiger partial charge in [-0.1, -0.05) is 128 Å². The first-order valence-corrected chi connectivity index (χ1v) is 13.6. The van der Waals surface area contributed by atoms with E-state index in [0.717, 1.165) is 6.42 Å². The Morgan fingerprint density at radius 1 is 0.727 bits per heavy atom. The summed E-state index contributed by atoms with van der Waals surface area (Å²) in [6.45, 7) is 5.98. The molecule has 0 heterocycles. The van der Waals surface area contributed by atoms with Crippen LogP contribution in [0.2, 0.25) is 0 Å². The molecule has 4 heteroatoms. The average Bonchev–Trinajstić information content (AvgIpc) is 2.80. The van der Waals surface area contributed by atoms with E-state index in [2.05, 4.69) is 13.0 Å². The van der Waals surface area contributed by atoms with Gasteiger partial charge in [-0.15, -0.1) is 0 Å². The number of aliphatic hydroxyl groups excluding tert-OH is 2. The van der Waals surface area contributed by atoms with E-state index in [1.165, 1.54) is 76.7 Å². The van der Waals surface area contributed by atoms with Gasteiger partial charge in [0.05, 0.1) is 6.10 Å². The zero-order valence-electron chi connectivity index (χ0n) is 21.7. The number of allylic oxidation sites excluding steroid dienone is 5. The van der Waals surface area contributed by atoms with Crippen molar-refractivity contribution in [1.29, 1.82) is 0 Å². The van der Waals surface area contributed by atoms with Gasteiger partial charge < -0.3 is 15.3 Å². The SMILES string of the molecule is CCCCCCCCCCCCCC=CC=CC=CC(=O)C(O)(CCC)C(O)C(O)CCC. The monoisotopic (exact) mass is 464 g/mol. The van der Waals surface area contributed by atoms with Crippen LogP contribution in [0.3, 0.4) is 0 Å². The van der Waals surface area contributed by atoms with E-state index in [9.17, 15) is 20.1 Å². The maximum atomic E-state index is 12.5. The van der Waals surface area contributed by atoms with Crippen molar-refractivity contribution in [1.82, 2.24) is 0 Å². The molecule has 3 N–H and O–H groups in total. The molecule has 3 unspecified atom stereocenters. The summed E-state index contributed by atoms with van der Waals surface area (Å²) in [5.74, 6) is -0.568. The number of rotatable bonds is 22. The molecule has 0 aliphatic rings. The Morgan fingerprint density at radius 2 is 1.27 bits per heavy atom. The smallest absolute Gasteiger partial charge is 0.189 e. The summed E-state index contributed by atoms with van der Waals surface area (Å²) >= 11 is 0. The van der Waals surface area contributed by atoms with Crippen LogP contribution in [0.4, 0.5) is 0 Å². The third-order valence-electron chi connectivity index (χ3n) is 6.19. The van der Waals surface area contributed by atoms with Crippen LogP contribution < -0.4 is 0 Å². The van der Waals surface area contributed by atoms with Gasteiger partial charge in [0.15, 0.2) is 11.4 Å². The fourth-order valence-electron chi connectivity index (χ4n) is 4.09. The van der Waals surface area contributed by atoms with Gasteiger partial charge in [-0.2, -0.15) is 0 Å². The van der Waals surface area contributed by atoms with Crippen molar-refractivity contribution >= 4 is 5.78 Å². The standard InChI is InChI=1S/C29H52O4/c1-4-7-8-9-10-11-12-13-14-15-16-17-18-19-20-21-22-24-27(31)29(33,25-6-3)28(32)26(30)23-5-2/h18-22,24,26,28,30,32-33H,4-17,23,25H2,1-3H3. The predicted octanol–water partition coefficient (Wildman–Crippen LogP) is 6.98. The van der Waals surface area contributed by atoms with Crippen LogP contribution in [-0.4, -0.2) is 38.9 Å². The lowest BCUT2D eigenvalue weighted by Gasteiger charge is -2.33. The highest BCUT2D eigenvalue weighted by molar-refractivity contribution is 5.97. The lowest BCUT2D eigenvalue weighted by atomic mass is 9.83. The summed E-state index contributed by atoms with van der Waals surface area (Å²) in [4.78, 5) is 12.5. The van der Waals surface area contributed by atoms with Crippen molar-refractivity contribution in [3.8, 4) is 0 Å². The number of hydrogen-bond acceptors (Lipinski definition) is 4. The molecule has 0 aliphatic carbocycles. The third kappa shape index (κ3) is 15.3. The van der Waals surface area contributed by atoms with Gasteiger partial charge in [-0.3, -0.25) is 4.79 Å². The molecule has 0 saturated heterocycles. The first kappa shape index (κ1) is 31.8. The molecule has 4 nitrogen and oxygen atoms in total. The lowest BCUT2D eigenvalue weighted by molar-refractivity contribution is -0.159. The molecular weight excluding hydrogens is 412 g/mol. The molecule has 0 fully saturated rings. The van der Waals surface area contributed by atoms with Gasteiger partial charge in [-0.25, -0.2) is 0 Å². The molecule has 0 aromatic heterocycles. The summed E-state index contributed by atoms with van der Waals surface area (Å²) < 4.78 is 0. The molecular formula is C29H52O4. The van der Waals surface area contributed by atoms with Crippen LogP contribution in [0.25, 0.3) is 0 Å². The Balaban J connectivity index is 4.09. The fourth-order valence-corrected chi connectivity index (χ4v) is 4.09. The fraction of sp³-hybridized carbons (Fsp3) is 0.759. The lowest BCUT2D eigenvalue weighted by Crippen LogP contribution is -2.54. The van der Waals surface area contributed by atoms with Crippen LogP contribution in [-0.2, 0) is 4.79 Å². The highest BCUT2D eigenvalue weighted by atomic mass is 16.4. The van der Waals surface area contributed by atoms with Crippen molar-refractivity contribution in [3.05, 3.63) is 36.5 Å². The number of carbonyl (C=O) groups is 1. The van der Waals surface area contributed by atoms with Gasteiger partial charge in [0.2, 0.25) is 0 Å². The Morgan fingerprint density at radius 3 is 1.82 bits per heavy atom. The van der Waals surface area contributed by atoms with Crippen molar-refractivity contribution in [2.75, 3.05) is 0 Å². The van der Waals surface area contributed by atoms with E-state index >= 15 is 0 Å². The molecule has 0 aromatic rings. The molecule has 0 amide bonds. The molecule has 0 saturated carbocycles. The maximum absolute atomic E-state index is 12.5. The first-order valence-electron chi connectivity index (χ1n) is 13.6. The first-order chi connectivity index (χ1) is 15.9. The second kappa shape index (κ2) is 21.3. The number of aliphatic hydroxyl groups is 3. The normalized spacial score (nSPS) is 16.1. The van der Waals surface area contributed by atoms with Crippen LogP contribution in [0, 0.1) is 0 Å². The Hall–Kier alpha value is -1.23. The van der Waals surface area contributed by atoms with Crippen molar-refractivity contribution in [2.45, 2.75) is 141 Å². The molecule has 0 radical (unpaired) electrons. The van der Waals surface area contributed by atoms with Gasteiger partial charge in [-0.05, 0) is 31.8 Å². The largest absolute Gasteiger partial charge is 0.390 e. The number of unbranched alkanes of at least 4 members (excludes halogenated alkanes) is 11. The van der Waals surface area contributed by atoms with Crippen LogP contribution >= 0.6 is 0 Å². The molecule has 0 aromatic carbocycles. The molecule has 0 aliphatic heterocycles. The van der Waals surface area contributed by atoms with E-state index in [1.807, 2.05) is 26.0 Å². The van der Waals surface area contributed by atoms with Gasteiger partial charge in [0.25, 0.3) is 0 Å². The highest BCUT2D eigenvalue weighted by Gasteiger charge is 2.43. The number of hydrogen-bond donors (Lipinski definition) is 3. The Labute approximate surface area is 203 Å². The minimum Gasteiger partial charge on any atom is -0.390 e. The molecule has 3 atom stereocenters. The Kier molecular flexibility index (Phi) is 20.5. The summed E-state index contributed by atoms with van der Waals surface area (Å²) in [7, 11) is 0. The minimum absolute atomic E-state index is 0.112. The van der Waals surface area contributed by atoms with Crippen LogP contribution in [0.5, 0.6) is 0 Å². The minimum atomic E-state index is -1.95. The van der Waals surface area contributed by atoms with Gasteiger partial charge >= 0.3 is 0 Å². The summed E-state index contributed by atoms with van der Waals surface area (Å²) in [6.07, 6.45) is 25.5. The maximum Gasteiger partial charge on any atom is 0.189 e. The average molecular weight is 465 g/mol. The molecule has 33 heavy (non-hydrogen) atoms. The van der Waals surface area contributed by atoms with Gasteiger partial charge in [0.1, 0.15) is 6.10 Å². The zero-order chi connectivity index (χ0) is 24.8. The molecule has 0 bridgehead atoms. The molecule has 192 valence electrons. The van der Waals surface area contributed by atoms with E-state index in [1.54, 1.807) is 12.2 Å². The van der Waals surface area contributed by atoms with Crippen molar-refractivity contribution in [3.63, 3.8) is 0 Å². The predicted molar refractivity (Wildman–Crippen MR) is 140 cm³/mol. The Bertz CT molecular complexity index is 552. The second-order valence-corrected chi connectivity index (χ2v) is 9.34. The van der Waals surface area contributed by atoms with Gasteiger partial charge in [0, 0.05) is 0 Å². The van der Waals surface area contributed by atoms with E-state index < -0.39 is 23.6 Å². The van der Waals surface area contributed by atoms with E-state index in [0.29, 0.717) is 19.3 Å². The quantitative estimate of drug-likeness (QED) is 0.0917. The summed E-state index contributed by atoms with van der Waals surface area (Å²) in [5.41, 5.74) is -1.95. The molecule has 0 spiro atoms. The zero-order valence-corrected chi connectivity index (χ0v) is 21.7. The third-order valence-corrected chi connectivity index (χ3v) is 6.19. The summed E-state index contributed by atoms with van der Waals surface area (Å²) in [6, 6.07) is 0. The van der Waals surface area contributed by atoms with E-state index in [-0.39, 0.29) is 6.42 Å². The molecule has 0 rings (SSSR count). The van der Waals surface area contributed by atoms with E-state index in [4.69, 9.17) is 0 Å². The van der Waals surface area contributed by atoms with Crippen LogP contribution in [0.15, 0.2) is 36.5 Å². The number of ketones is 1. The van der Waals surface area contributed by atoms with Crippen LogP contribution in [0.1, 0.15) is 124 Å². The van der Waals surface area contributed by atoms with Crippen molar-refractivity contribution < 1.29 is 20.1 Å². The highest BCUT2D eigenvalue weighted by Crippen LogP contribution is 2.24. The topological polar surface area (TPSA) is 77.8 Å². The second-order valence-electron chi connectivity index (χ2n) is 9.34. The van der Waals surface area contributed by atoms with Crippen molar-refractivity contribution in [2.24, 2.45) is 0 Å².